The first kappa shape index (κ1) is 17.0. The third-order valence-electron chi connectivity index (χ3n) is 2.65. The molecule has 1 heterocycles. The molecule has 0 aromatic heterocycles. The molecule has 1 fully saturated rings. The van der Waals surface area contributed by atoms with Crippen molar-refractivity contribution in [3.05, 3.63) is 12.2 Å². The zero-order chi connectivity index (χ0) is 15.1. The van der Waals surface area contributed by atoms with Crippen molar-refractivity contribution in [3.8, 4) is 0 Å². The summed E-state index contributed by atoms with van der Waals surface area (Å²) in [6.07, 6.45) is 0.773. The molecule has 1 aliphatic heterocycles. The van der Waals surface area contributed by atoms with Crippen molar-refractivity contribution in [2.24, 2.45) is 0 Å². The maximum absolute atomic E-state index is 11.1. The van der Waals surface area contributed by atoms with Crippen LogP contribution >= 0.6 is 11.8 Å². The maximum atomic E-state index is 11.1. The van der Waals surface area contributed by atoms with E-state index in [0.29, 0.717) is 12.8 Å². The van der Waals surface area contributed by atoms with Gasteiger partial charge in [0, 0.05) is 32.4 Å². The molecule has 0 aromatic rings. The smallest absolute Gasteiger partial charge is 0.302 e. The molecule has 3 atom stereocenters. The Morgan fingerprint density at radius 3 is 2.50 bits per heavy atom. The van der Waals surface area contributed by atoms with Crippen molar-refractivity contribution in [2.45, 2.75) is 51.3 Å². The highest BCUT2D eigenvalue weighted by Crippen LogP contribution is 2.30. The van der Waals surface area contributed by atoms with Crippen molar-refractivity contribution in [3.63, 3.8) is 0 Å². The van der Waals surface area contributed by atoms with E-state index < -0.39 is 0 Å². The topological polar surface area (TPSA) is 61.8 Å². The first-order valence-electron chi connectivity index (χ1n) is 6.59. The molecule has 0 spiro atoms. The van der Waals surface area contributed by atoms with Crippen LogP contribution in [0.2, 0.25) is 0 Å². The first-order chi connectivity index (χ1) is 9.36. The SMILES string of the molecule is C=C(C)CSC1CC(OC(C)=O)CC(COC(C)=O)O1. The van der Waals surface area contributed by atoms with Crippen molar-refractivity contribution in [2.75, 3.05) is 12.4 Å². The Balaban J connectivity index is 2.54. The average Bonchev–Trinajstić information content (AvgIpc) is 2.33. The summed E-state index contributed by atoms with van der Waals surface area (Å²) >= 11 is 1.62. The lowest BCUT2D eigenvalue weighted by Crippen LogP contribution is -2.39. The fourth-order valence-electron chi connectivity index (χ4n) is 1.92. The number of esters is 2. The summed E-state index contributed by atoms with van der Waals surface area (Å²) in [7, 11) is 0. The van der Waals surface area contributed by atoms with Crippen LogP contribution in [0.25, 0.3) is 0 Å². The highest BCUT2D eigenvalue weighted by molar-refractivity contribution is 7.99. The summed E-state index contributed by atoms with van der Waals surface area (Å²) in [6, 6.07) is 0. The molecule has 6 heteroatoms. The van der Waals surface area contributed by atoms with Crippen molar-refractivity contribution >= 4 is 23.7 Å². The third-order valence-corrected chi connectivity index (χ3v) is 3.98. The Bertz CT molecular complexity index is 343. The van der Waals surface area contributed by atoms with Crippen LogP contribution in [0.3, 0.4) is 0 Å². The second-order valence-electron chi connectivity index (χ2n) is 4.96. The largest absolute Gasteiger partial charge is 0.463 e. The molecule has 0 amide bonds. The van der Waals surface area contributed by atoms with Crippen LogP contribution in [0.1, 0.15) is 33.6 Å². The molecule has 0 aliphatic carbocycles. The van der Waals surface area contributed by atoms with Crippen LogP contribution in [0.4, 0.5) is 0 Å². The minimum atomic E-state index is -0.339. The molecule has 1 saturated heterocycles. The normalized spacial score (nSPS) is 25.9. The van der Waals surface area contributed by atoms with Gasteiger partial charge in [0.1, 0.15) is 18.1 Å². The molecule has 0 N–H and O–H groups in total. The van der Waals surface area contributed by atoms with Crippen LogP contribution in [-0.2, 0) is 23.8 Å². The lowest BCUT2D eigenvalue weighted by atomic mass is 10.1. The van der Waals surface area contributed by atoms with Gasteiger partial charge >= 0.3 is 11.9 Å². The monoisotopic (exact) mass is 302 g/mol. The lowest BCUT2D eigenvalue weighted by molar-refractivity contribution is -0.162. The van der Waals surface area contributed by atoms with E-state index in [1.807, 2.05) is 6.92 Å². The highest BCUT2D eigenvalue weighted by Gasteiger charge is 2.32. The number of carbonyl (C=O) groups is 2. The molecule has 1 rings (SSSR count). The molecule has 0 aromatic carbocycles. The second kappa shape index (κ2) is 8.32. The van der Waals surface area contributed by atoms with Gasteiger partial charge in [-0.05, 0) is 6.92 Å². The molecule has 3 unspecified atom stereocenters. The number of ether oxygens (including phenoxy) is 3. The Morgan fingerprint density at radius 2 is 1.95 bits per heavy atom. The molecule has 5 nitrogen and oxygen atoms in total. The van der Waals surface area contributed by atoms with Gasteiger partial charge in [0.25, 0.3) is 0 Å². The fourth-order valence-corrected chi connectivity index (χ4v) is 2.98. The van der Waals surface area contributed by atoms with E-state index in [0.717, 1.165) is 11.3 Å². The molecule has 0 radical (unpaired) electrons. The van der Waals surface area contributed by atoms with Gasteiger partial charge in [-0.25, -0.2) is 0 Å². The third kappa shape index (κ3) is 6.96. The molecule has 0 bridgehead atoms. The standard InChI is InChI=1S/C14H22O5S/c1-9(2)8-20-14-6-12(18-11(4)16)5-13(19-14)7-17-10(3)15/h12-14H,1,5-8H2,2-4H3. The van der Waals surface area contributed by atoms with Crippen LogP contribution in [0.5, 0.6) is 0 Å². The van der Waals surface area contributed by atoms with Gasteiger partial charge in [0.05, 0.1) is 6.10 Å². The predicted octanol–water partition coefficient (Wildman–Crippen LogP) is 2.30. The lowest BCUT2D eigenvalue weighted by Gasteiger charge is -2.34. The minimum absolute atomic E-state index is 0.0784. The zero-order valence-corrected chi connectivity index (χ0v) is 13.0. The Hall–Kier alpha value is -1.01. The van der Waals surface area contributed by atoms with Gasteiger partial charge in [-0.3, -0.25) is 9.59 Å². The maximum Gasteiger partial charge on any atom is 0.302 e. The average molecular weight is 302 g/mol. The highest BCUT2D eigenvalue weighted by atomic mass is 32.2. The number of carbonyl (C=O) groups excluding carboxylic acids is 2. The van der Waals surface area contributed by atoms with Crippen LogP contribution in [0.15, 0.2) is 12.2 Å². The van der Waals surface area contributed by atoms with Gasteiger partial charge in [-0.1, -0.05) is 12.2 Å². The number of hydrogen-bond acceptors (Lipinski definition) is 6. The van der Waals surface area contributed by atoms with E-state index in [9.17, 15) is 9.59 Å². The minimum Gasteiger partial charge on any atom is -0.463 e. The van der Waals surface area contributed by atoms with Crippen LogP contribution in [0, 0.1) is 0 Å². The van der Waals surface area contributed by atoms with E-state index >= 15 is 0 Å². The summed E-state index contributed by atoms with van der Waals surface area (Å²) in [5, 5.41) is 0. The first-order valence-corrected chi connectivity index (χ1v) is 7.63. The van der Waals surface area contributed by atoms with E-state index in [-0.39, 0.29) is 36.2 Å². The summed E-state index contributed by atoms with van der Waals surface area (Å²) in [5.74, 6) is 0.152. The summed E-state index contributed by atoms with van der Waals surface area (Å²) in [5.41, 5.74) is 0.982. The Labute approximate surface area is 124 Å². The summed E-state index contributed by atoms with van der Waals surface area (Å²) < 4.78 is 16.1. The van der Waals surface area contributed by atoms with E-state index in [4.69, 9.17) is 14.2 Å². The molecule has 20 heavy (non-hydrogen) atoms. The van der Waals surface area contributed by atoms with Gasteiger partial charge in [0.2, 0.25) is 0 Å². The summed E-state index contributed by atoms with van der Waals surface area (Å²) in [4.78, 5) is 22.0. The van der Waals surface area contributed by atoms with E-state index in [1.165, 1.54) is 13.8 Å². The van der Waals surface area contributed by atoms with E-state index in [2.05, 4.69) is 6.58 Å². The molecular weight excluding hydrogens is 280 g/mol. The second-order valence-corrected chi connectivity index (χ2v) is 6.11. The van der Waals surface area contributed by atoms with Crippen molar-refractivity contribution in [1.82, 2.24) is 0 Å². The molecule has 114 valence electrons. The Kier molecular flexibility index (Phi) is 7.09. The Morgan fingerprint density at radius 1 is 1.25 bits per heavy atom. The van der Waals surface area contributed by atoms with Crippen molar-refractivity contribution < 1.29 is 23.8 Å². The van der Waals surface area contributed by atoms with Gasteiger partial charge < -0.3 is 14.2 Å². The molecule has 1 aliphatic rings. The summed E-state index contributed by atoms with van der Waals surface area (Å²) in [6.45, 7) is 8.76. The van der Waals surface area contributed by atoms with Crippen molar-refractivity contribution in [1.29, 1.82) is 0 Å². The number of hydrogen-bond donors (Lipinski definition) is 0. The number of thioether (sulfide) groups is 1. The number of rotatable bonds is 6. The van der Waals surface area contributed by atoms with Gasteiger partial charge in [0.15, 0.2) is 0 Å². The molecule has 0 saturated carbocycles. The van der Waals surface area contributed by atoms with E-state index in [1.54, 1.807) is 11.8 Å². The predicted molar refractivity (Wildman–Crippen MR) is 77.4 cm³/mol. The zero-order valence-electron chi connectivity index (χ0n) is 12.2. The van der Waals surface area contributed by atoms with Gasteiger partial charge in [-0.2, -0.15) is 0 Å². The fraction of sp³-hybridized carbons (Fsp3) is 0.714. The quantitative estimate of drug-likeness (QED) is 0.554. The van der Waals surface area contributed by atoms with Crippen LogP contribution < -0.4 is 0 Å². The van der Waals surface area contributed by atoms with Crippen LogP contribution in [-0.4, -0.2) is 41.9 Å². The molecular formula is C14H22O5S. The van der Waals surface area contributed by atoms with Gasteiger partial charge in [-0.15, -0.1) is 11.8 Å².